The molecule has 6 heterocycles. The zero-order chi connectivity index (χ0) is 49.3. The summed E-state index contributed by atoms with van der Waals surface area (Å²) in [6, 6.07) is 7.00. The number of fused-ring (bicyclic) bond motifs is 2. The molecule has 2 aliphatic rings. The number of aromatic amines is 2. The van der Waals surface area contributed by atoms with Crippen LogP contribution in [-0.2, 0) is 20.0 Å². The predicted octanol–water partition coefficient (Wildman–Crippen LogP) is 6.81. The summed E-state index contributed by atoms with van der Waals surface area (Å²) in [4.78, 5) is 59.5. The molecule has 1 amide bonds. The van der Waals surface area contributed by atoms with Crippen LogP contribution in [0.3, 0.4) is 0 Å². The van der Waals surface area contributed by atoms with Crippen molar-refractivity contribution in [2.24, 2.45) is 0 Å². The SMILES string of the molecule is C.CS(=O)(=O)Nc1c(Cl)cc(F)cc1C(=O)O.Cc1nc2cc([C@@H]3CCCCN3)[nH]n2c(=O)c1C.Cc1nc2cc([C@@H]3CCCCN3C(=O)c3cc(F)cc(Cl)c3NS(C)(=O)=O)[nH]n2c(=O)c1C. The third-order valence-corrected chi connectivity index (χ3v) is 12.9. The molecule has 368 valence electrons. The van der Waals surface area contributed by atoms with Crippen molar-refractivity contribution in [3.05, 3.63) is 124 Å². The fourth-order valence-corrected chi connectivity index (χ4v) is 9.46. The fraction of sp³-hybridized carbons (Fsp3) is 0.395. The summed E-state index contributed by atoms with van der Waals surface area (Å²) < 4.78 is 79.6. The lowest BCUT2D eigenvalue weighted by molar-refractivity contribution is 0.0605. The zero-order valence-electron chi connectivity index (χ0n) is 37.1. The Morgan fingerprint density at radius 2 is 1.19 bits per heavy atom. The number of anilines is 2. The number of nitrogens with one attached hydrogen (secondary N) is 5. The maximum atomic E-state index is 14.2. The second kappa shape index (κ2) is 21.2. The number of hydrogen-bond donors (Lipinski definition) is 6. The minimum absolute atomic E-state index is 0. The number of amides is 1. The van der Waals surface area contributed by atoms with Gasteiger partial charge in [0.2, 0.25) is 20.0 Å². The summed E-state index contributed by atoms with van der Waals surface area (Å²) in [7, 11) is -7.46. The maximum absolute atomic E-state index is 14.2. The van der Waals surface area contributed by atoms with Crippen molar-refractivity contribution in [3.63, 3.8) is 0 Å². The zero-order valence-corrected chi connectivity index (χ0v) is 40.2. The number of nitrogens with zero attached hydrogens (tertiary/aromatic N) is 5. The number of H-pyrrole nitrogens is 2. The normalized spacial score (nSPS) is 16.2. The second-order valence-electron chi connectivity index (χ2n) is 16.3. The van der Waals surface area contributed by atoms with Crippen LogP contribution in [0.2, 0.25) is 10.0 Å². The summed E-state index contributed by atoms with van der Waals surface area (Å²) in [5.41, 5.74) is 3.99. The van der Waals surface area contributed by atoms with Crippen molar-refractivity contribution in [2.75, 3.05) is 35.0 Å². The molecule has 4 aromatic heterocycles. The summed E-state index contributed by atoms with van der Waals surface area (Å²) in [5, 5.41) is 17.9. The van der Waals surface area contributed by atoms with E-state index >= 15 is 0 Å². The third kappa shape index (κ3) is 12.2. The number of aromatic nitrogens is 6. The van der Waals surface area contributed by atoms with E-state index in [9.17, 15) is 44.8 Å². The van der Waals surface area contributed by atoms with E-state index in [1.54, 1.807) is 24.4 Å². The van der Waals surface area contributed by atoms with Gasteiger partial charge in [0, 0.05) is 47.2 Å². The molecule has 8 rings (SSSR count). The Morgan fingerprint density at radius 3 is 1.68 bits per heavy atom. The summed E-state index contributed by atoms with van der Waals surface area (Å²) in [6.07, 6.45) is 7.48. The van der Waals surface area contributed by atoms with Crippen LogP contribution in [0.15, 0.2) is 46.0 Å². The number of rotatable bonds is 8. The monoisotopic (exact) mass is 1020 g/mol. The average molecular weight is 1030 g/mol. The van der Waals surface area contributed by atoms with E-state index in [0.29, 0.717) is 58.9 Å². The largest absolute Gasteiger partial charge is 0.478 e. The molecule has 0 radical (unpaired) electrons. The third-order valence-electron chi connectivity index (χ3n) is 11.2. The van der Waals surface area contributed by atoms with Gasteiger partial charge in [-0.1, -0.05) is 37.0 Å². The van der Waals surface area contributed by atoms with Gasteiger partial charge >= 0.3 is 5.97 Å². The molecule has 0 bridgehead atoms. The van der Waals surface area contributed by atoms with E-state index in [1.807, 2.05) is 24.6 Å². The number of benzene rings is 2. The van der Waals surface area contributed by atoms with Gasteiger partial charge in [0.05, 0.1) is 62.5 Å². The summed E-state index contributed by atoms with van der Waals surface area (Å²) >= 11 is 11.6. The van der Waals surface area contributed by atoms with Crippen molar-refractivity contribution in [1.29, 1.82) is 0 Å². The van der Waals surface area contributed by atoms with E-state index in [4.69, 9.17) is 28.3 Å². The highest BCUT2D eigenvalue weighted by Gasteiger charge is 2.33. The Morgan fingerprint density at radius 1 is 0.721 bits per heavy atom. The van der Waals surface area contributed by atoms with E-state index in [-0.39, 0.29) is 45.5 Å². The van der Waals surface area contributed by atoms with Gasteiger partial charge in [0.15, 0.2) is 11.3 Å². The number of aryl methyl sites for hydroxylation is 2. The van der Waals surface area contributed by atoms with Crippen molar-refractivity contribution in [3.8, 4) is 0 Å². The number of halogens is 4. The molecular weight excluding hydrogens is 974 g/mol. The quantitative estimate of drug-likeness (QED) is 0.0919. The Labute approximate surface area is 400 Å². The molecule has 0 saturated carbocycles. The molecule has 2 aliphatic heterocycles. The van der Waals surface area contributed by atoms with Crippen LogP contribution >= 0.6 is 23.2 Å². The first kappa shape index (κ1) is 53.1. The average Bonchev–Trinajstić information content (AvgIpc) is 3.88. The first-order valence-electron chi connectivity index (χ1n) is 20.7. The smallest absolute Gasteiger partial charge is 0.337 e. The molecule has 0 unspecified atom stereocenters. The van der Waals surface area contributed by atoms with Gasteiger partial charge < -0.3 is 15.3 Å². The number of sulfonamides is 2. The molecule has 2 fully saturated rings. The Hall–Kier alpha value is -5.88. The highest BCUT2D eigenvalue weighted by atomic mass is 35.5. The van der Waals surface area contributed by atoms with Crippen molar-refractivity contribution in [1.82, 2.24) is 39.4 Å². The van der Waals surface area contributed by atoms with Crippen molar-refractivity contribution in [2.45, 2.75) is 85.7 Å². The van der Waals surface area contributed by atoms with E-state index in [0.717, 1.165) is 67.9 Å². The van der Waals surface area contributed by atoms with E-state index < -0.39 is 55.2 Å². The van der Waals surface area contributed by atoms with Crippen LogP contribution in [0.1, 0.15) is 113 Å². The molecule has 0 aliphatic carbocycles. The summed E-state index contributed by atoms with van der Waals surface area (Å²) in [6.45, 7) is 8.55. The molecule has 19 nitrogen and oxygen atoms in total. The fourth-order valence-electron chi connectivity index (χ4n) is 7.66. The lowest BCUT2D eigenvalue weighted by Gasteiger charge is -2.35. The standard InChI is InChI=1S/C21H23ClFN5O4S.C13H18N4O.C8H7ClFNO4S.CH4/c1-11-12(2)24-18-10-16(25-28(18)20(11)29)17-6-4-5-7-27(17)21(30)14-8-13(23)9-15(22)19(14)26-33(3,31)32;1-8-9(2)15-12-7-11(16-17(12)13(8)18)10-5-3-4-6-14-10;1-16(14,15)11-7-5(8(12)13)2-4(10)3-6(7)9;/h8-10,17,25-26H,4-7H2,1-3H3;7,10,14,16H,3-6H2,1-2H3;2-3,11H,1H3,(H,12,13);1H4/t17-;10-;;/m00../s1. The Bertz CT molecular complexity index is 3260. The number of piperidine rings is 2. The molecule has 25 heteroatoms. The van der Waals surface area contributed by atoms with Crippen LogP contribution in [-0.4, -0.2) is 93.5 Å². The highest BCUT2D eigenvalue weighted by molar-refractivity contribution is 7.92. The number of aromatic carboxylic acids is 1. The van der Waals surface area contributed by atoms with Gasteiger partial charge in [-0.05, 0) is 90.6 Å². The number of hydrogen-bond acceptors (Lipinski definition) is 11. The van der Waals surface area contributed by atoms with Gasteiger partial charge in [0.1, 0.15) is 11.6 Å². The number of carboxylic acid groups (broad SMARTS) is 1. The molecule has 2 saturated heterocycles. The first-order valence-corrected chi connectivity index (χ1v) is 25.3. The van der Waals surface area contributed by atoms with Gasteiger partial charge in [-0.15, -0.1) is 0 Å². The number of carbonyl (C=O) groups excluding carboxylic acids is 1. The molecule has 0 spiro atoms. The first-order chi connectivity index (χ1) is 31.3. The molecule has 6 N–H and O–H groups in total. The Balaban J connectivity index is 0.000000208. The minimum Gasteiger partial charge on any atom is -0.478 e. The van der Waals surface area contributed by atoms with Crippen LogP contribution in [0.5, 0.6) is 0 Å². The topological polar surface area (TPSA) is 262 Å². The van der Waals surface area contributed by atoms with Crippen molar-refractivity contribution < 1.29 is 40.3 Å². The predicted molar refractivity (Wildman–Crippen MR) is 256 cm³/mol. The van der Waals surface area contributed by atoms with Gasteiger partial charge in [-0.25, -0.2) is 49.4 Å². The van der Waals surface area contributed by atoms with Crippen molar-refractivity contribution >= 4 is 77.8 Å². The van der Waals surface area contributed by atoms with Gasteiger partial charge in [-0.3, -0.25) is 34.0 Å². The van der Waals surface area contributed by atoms with Gasteiger partial charge in [0.25, 0.3) is 17.0 Å². The molecule has 2 atom stereocenters. The number of carbonyl (C=O) groups is 2. The maximum Gasteiger partial charge on any atom is 0.337 e. The summed E-state index contributed by atoms with van der Waals surface area (Å²) in [5.74, 6) is -3.67. The molecule has 68 heavy (non-hydrogen) atoms. The van der Waals surface area contributed by atoms with Crippen LogP contribution in [0, 0.1) is 39.3 Å². The van der Waals surface area contributed by atoms with E-state index in [1.165, 1.54) is 22.3 Å². The molecular formula is C43H52Cl2F2N10O9S2. The minimum atomic E-state index is -3.78. The lowest BCUT2D eigenvalue weighted by atomic mass is 9.98. The lowest BCUT2D eigenvalue weighted by Crippen LogP contribution is -2.39. The number of likely N-dealkylation sites (tertiary alicyclic amines) is 1. The highest BCUT2D eigenvalue weighted by Crippen LogP contribution is 2.36. The van der Waals surface area contributed by atoms with E-state index in [2.05, 4.69) is 30.2 Å². The van der Waals surface area contributed by atoms with Crippen LogP contribution in [0.4, 0.5) is 20.2 Å². The van der Waals surface area contributed by atoms with Crippen LogP contribution in [0.25, 0.3) is 11.3 Å². The second-order valence-corrected chi connectivity index (χ2v) is 20.6. The number of carboxylic acids is 1. The van der Waals surface area contributed by atoms with Gasteiger partial charge in [-0.2, -0.15) is 0 Å². The Kier molecular flexibility index (Phi) is 16.5. The van der Waals surface area contributed by atoms with Crippen LogP contribution < -0.4 is 25.9 Å². The molecule has 2 aromatic carbocycles. The molecule has 6 aromatic rings.